The quantitative estimate of drug-likeness (QED) is 0.0774. The van der Waals surface area contributed by atoms with E-state index in [1.54, 1.807) is 0 Å². The lowest BCUT2D eigenvalue weighted by Gasteiger charge is -2.23. The van der Waals surface area contributed by atoms with Gasteiger partial charge in [0.25, 0.3) is 0 Å². The van der Waals surface area contributed by atoms with Crippen molar-refractivity contribution in [3.8, 4) is 11.5 Å². The summed E-state index contributed by atoms with van der Waals surface area (Å²) in [6.45, 7) is 14.7. The van der Waals surface area contributed by atoms with Gasteiger partial charge in [0.2, 0.25) is 0 Å². The van der Waals surface area contributed by atoms with E-state index in [0.29, 0.717) is 11.5 Å². The maximum absolute atomic E-state index is 12.5. The lowest BCUT2D eigenvalue weighted by Crippen LogP contribution is -2.12. The Labute approximate surface area is 245 Å². The zero-order valence-corrected chi connectivity index (χ0v) is 26.2. The number of unbranched alkanes of at least 4 members (excludes halogenated alkanes) is 8. The predicted molar refractivity (Wildman–Crippen MR) is 171 cm³/mol. The van der Waals surface area contributed by atoms with E-state index in [4.69, 9.17) is 4.74 Å². The monoisotopic (exact) mass is 548 g/mol. The molecule has 222 valence electrons. The molecule has 1 N–H and O–H groups in total. The summed E-state index contributed by atoms with van der Waals surface area (Å²) in [5, 5.41) is 11.6. The summed E-state index contributed by atoms with van der Waals surface area (Å²) in [6, 6.07) is 8.92. The van der Waals surface area contributed by atoms with E-state index in [1.807, 2.05) is 0 Å². The van der Waals surface area contributed by atoms with E-state index < -0.39 is 5.97 Å². The third-order valence-corrected chi connectivity index (χ3v) is 8.07. The SMILES string of the molecule is C=CC(=O)Oc1c(CCCCC)cc(CCCCC)cc1C(C)c1cc(CCCCC)cc(CCCCC)c1O. The third kappa shape index (κ3) is 10.5. The molecule has 0 bridgehead atoms. The molecule has 0 fully saturated rings. The summed E-state index contributed by atoms with van der Waals surface area (Å²) in [5.41, 5.74) is 6.68. The average Bonchev–Trinajstić information content (AvgIpc) is 2.95. The Morgan fingerprint density at radius 2 is 1.18 bits per heavy atom. The minimum atomic E-state index is -0.429. The molecule has 0 aromatic heterocycles. The maximum Gasteiger partial charge on any atom is 0.335 e. The highest BCUT2D eigenvalue weighted by molar-refractivity contribution is 5.84. The Morgan fingerprint density at radius 1 is 0.725 bits per heavy atom. The molecule has 1 unspecified atom stereocenters. The second-order valence-corrected chi connectivity index (χ2v) is 11.5. The number of rotatable bonds is 20. The van der Waals surface area contributed by atoms with Crippen LogP contribution in [0, 0.1) is 0 Å². The maximum atomic E-state index is 12.5. The van der Waals surface area contributed by atoms with Crippen LogP contribution >= 0.6 is 0 Å². The van der Waals surface area contributed by atoms with Crippen molar-refractivity contribution in [1.82, 2.24) is 0 Å². The van der Waals surface area contributed by atoms with Gasteiger partial charge in [-0.3, -0.25) is 0 Å². The number of phenolic OH excluding ortho intramolecular Hbond substituents is 1. The zero-order chi connectivity index (χ0) is 29.3. The number of esters is 1. The number of aryl methyl sites for hydroxylation is 4. The summed E-state index contributed by atoms with van der Waals surface area (Å²) in [5.74, 6) is 0.533. The van der Waals surface area contributed by atoms with Gasteiger partial charge in [0.05, 0.1) is 0 Å². The summed E-state index contributed by atoms with van der Waals surface area (Å²) in [7, 11) is 0. The van der Waals surface area contributed by atoms with Crippen molar-refractivity contribution in [3.63, 3.8) is 0 Å². The van der Waals surface area contributed by atoms with Gasteiger partial charge in [-0.2, -0.15) is 0 Å². The first-order valence-corrected chi connectivity index (χ1v) is 16.2. The van der Waals surface area contributed by atoms with Crippen LogP contribution in [0.5, 0.6) is 11.5 Å². The first-order valence-electron chi connectivity index (χ1n) is 16.2. The fourth-order valence-electron chi connectivity index (χ4n) is 5.61. The van der Waals surface area contributed by atoms with E-state index in [-0.39, 0.29) is 5.92 Å². The van der Waals surface area contributed by atoms with Crippen molar-refractivity contribution in [3.05, 3.63) is 70.3 Å². The van der Waals surface area contributed by atoms with Gasteiger partial charge in [-0.25, -0.2) is 4.79 Å². The average molecular weight is 549 g/mol. The topological polar surface area (TPSA) is 46.5 Å². The van der Waals surface area contributed by atoms with Crippen molar-refractivity contribution in [2.24, 2.45) is 0 Å². The largest absolute Gasteiger partial charge is 0.507 e. The Kier molecular flexibility index (Phi) is 15.8. The summed E-state index contributed by atoms with van der Waals surface area (Å²) >= 11 is 0. The molecule has 0 aliphatic carbocycles. The number of phenols is 1. The lowest BCUT2D eigenvalue weighted by molar-refractivity contribution is -0.129. The molecule has 2 rings (SSSR count). The number of aromatic hydroxyl groups is 1. The van der Waals surface area contributed by atoms with Crippen molar-refractivity contribution >= 4 is 5.97 Å². The lowest BCUT2D eigenvalue weighted by atomic mass is 9.84. The third-order valence-electron chi connectivity index (χ3n) is 8.07. The van der Waals surface area contributed by atoms with E-state index in [0.717, 1.165) is 99.3 Å². The van der Waals surface area contributed by atoms with Crippen molar-refractivity contribution in [2.45, 2.75) is 143 Å². The molecule has 0 saturated carbocycles. The molecule has 3 nitrogen and oxygen atoms in total. The molecule has 2 aromatic rings. The number of hydrogen-bond acceptors (Lipinski definition) is 3. The first kappa shape index (κ1) is 33.7. The van der Waals surface area contributed by atoms with Crippen LogP contribution in [0.2, 0.25) is 0 Å². The van der Waals surface area contributed by atoms with Gasteiger partial charge >= 0.3 is 5.97 Å². The first-order chi connectivity index (χ1) is 19.4. The second kappa shape index (κ2) is 18.7. The minimum absolute atomic E-state index is 0.111. The van der Waals surface area contributed by atoms with Crippen LogP contribution in [0.25, 0.3) is 0 Å². The Balaban J connectivity index is 2.66. The number of benzene rings is 2. The van der Waals surface area contributed by atoms with Crippen molar-refractivity contribution in [2.75, 3.05) is 0 Å². The highest BCUT2D eigenvalue weighted by atomic mass is 16.5. The Morgan fingerprint density at radius 3 is 1.68 bits per heavy atom. The predicted octanol–water partition coefficient (Wildman–Crippen LogP) is 10.6. The molecule has 0 aliphatic rings. The van der Waals surface area contributed by atoms with Crippen molar-refractivity contribution < 1.29 is 14.6 Å². The van der Waals surface area contributed by atoms with Crippen LogP contribution in [-0.4, -0.2) is 11.1 Å². The van der Waals surface area contributed by atoms with Crippen LogP contribution in [0.1, 0.15) is 151 Å². The molecule has 40 heavy (non-hydrogen) atoms. The smallest absolute Gasteiger partial charge is 0.335 e. The minimum Gasteiger partial charge on any atom is -0.507 e. The second-order valence-electron chi connectivity index (χ2n) is 11.5. The molecule has 0 radical (unpaired) electrons. The van der Waals surface area contributed by atoms with Gasteiger partial charge in [-0.05, 0) is 73.6 Å². The van der Waals surface area contributed by atoms with Gasteiger partial charge < -0.3 is 9.84 Å². The van der Waals surface area contributed by atoms with Crippen LogP contribution in [-0.2, 0) is 30.5 Å². The van der Waals surface area contributed by atoms with Crippen LogP contribution in [0.4, 0.5) is 0 Å². The summed E-state index contributed by atoms with van der Waals surface area (Å²) < 4.78 is 6.00. The molecule has 0 heterocycles. The van der Waals surface area contributed by atoms with E-state index in [1.165, 1.54) is 42.9 Å². The van der Waals surface area contributed by atoms with Gasteiger partial charge in [-0.15, -0.1) is 0 Å². The van der Waals surface area contributed by atoms with Crippen LogP contribution < -0.4 is 4.74 Å². The Hall–Kier alpha value is -2.55. The molecule has 0 spiro atoms. The van der Waals surface area contributed by atoms with Gasteiger partial charge in [0, 0.05) is 23.1 Å². The normalized spacial score (nSPS) is 11.9. The molecule has 0 amide bonds. The fourth-order valence-corrected chi connectivity index (χ4v) is 5.61. The number of carbonyl (C=O) groups excluding carboxylic acids is 1. The van der Waals surface area contributed by atoms with Gasteiger partial charge in [0.1, 0.15) is 11.5 Å². The van der Waals surface area contributed by atoms with E-state index in [9.17, 15) is 9.90 Å². The Bertz CT molecular complexity index is 1050. The summed E-state index contributed by atoms with van der Waals surface area (Å²) in [6.07, 6.45) is 18.8. The fraction of sp³-hybridized carbons (Fsp3) is 0.595. The van der Waals surface area contributed by atoms with Gasteiger partial charge in [-0.1, -0.05) is 117 Å². The van der Waals surface area contributed by atoms with Gasteiger partial charge in [0.15, 0.2) is 0 Å². The number of hydrogen-bond donors (Lipinski definition) is 1. The molecular weight excluding hydrogens is 492 g/mol. The number of ether oxygens (including phenoxy) is 1. The molecular formula is C37H56O3. The number of carbonyl (C=O) groups is 1. The van der Waals surface area contributed by atoms with Crippen LogP contribution in [0.3, 0.4) is 0 Å². The van der Waals surface area contributed by atoms with Crippen LogP contribution in [0.15, 0.2) is 36.9 Å². The highest BCUT2D eigenvalue weighted by Gasteiger charge is 2.24. The van der Waals surface area contributed by atoms with Crippen molar-refractivity contribution in [1.29, 1.82) is 0 Å². The molecule has 1 atom stereocenters. The highest BCUT2D eigenvalue weighted by Crippen LogP contribution is 2.41. The molecule has 0 aliphatic heterocycles. The van der Waals surface area contributed by atoms with E-state index in [2.05, 4.69) is 65.5 Å². The summed E-state index contributed by atoms with van der Waals surface area (Å²) in [4.78, 5) is 12.5. The standard InChI is InChI=1S/C37H56O3/c1-7-12-16-20-29-24-31(22-18-14-9-3)36(39)33(26-29)28(6)34-27-30(21-17-13-8-2)25-32(23-19-15-10-4)37(34)40-35(38)11-5/h11,24-28,39H,5,7-10,12-23H2,1-4,6H3. The molecule has 3 heteroatoms. The molecule has 2 aromatic carbocycles. The van der Waals surface area contributed by atoms with E-state index >= 15 is 0 Å². The zero-order valence-electron chi connectivity index (χ0n) is 26.2. The molecule has 0 saturated heterocycles.